The van der Waals surface area contributed by atoms with Gasteiger partial charge in [0.25, 0.3) is 17.5 Å². The van der Waals surface area contributed by atoms with Gasteiger partial charge in [-0.15, -0.1) is 0 Å². The van der Waals surface area contributed by atoms with E-state index in [1.54, 1.807) is 55.5 Å². The zero-order chi connectivity index (χ0) is 22.4. The maximum atomic E-state index is 12.4. The third-order valence-electron chi connectivity index (χ3n) is 4.52. The number of benzene rings is 3. The van der Waals surface area contributed by atoms with Crippen molar-refractivity contribution in [3.63, 3.8) is 0 Å². The summed E-state index contributed by atoms with van der Waals surface area (Å²) in [6, 6.07) is 19.5. The number of nitro benzene ring substituents is 1. The average Bonchev–Trinajstić information content (AvgIpc) is 2.77. The highest BCUT2D eigenvalue weighted by Gasteiger charge is 2.10. The summed E-state index contributed by atoms with van der Waals surface area (Å²) in [5, 5.41) is 17.6. The summed E-state index contributed by atoms with van der Waals surface area (Å²) in [5.41, 5.74) is 5.94. The second-order valence-electron chi connectivity index (χ2n) is 6.84. The minimum Gasteiger partial charge on any atom is -0.322 e. The van der Waals surface area contributed by atoms with Gasteiger partial charge in [0.2, 0.25) is 0 Å². The molecule has 8 nitrogen and oxygen atoms in total. The number of carbonyl (C=O) groups excluding carboxylic acids is 2. The van der Waals surface area contributed by atoms with Gasteiger partial charge in [-0.05, 0) is 61.9 Å². The van der Waals surface area contributed by atoms with E-state index < -0.39 is 10.8 Å². The Labute approximate surface area is 178 Å². The molecule has 0 radical (unpaired) electrons. The Hall–Kier alpha value is -4.33. The molecule has 8 heteroatoms. The van der Waals surface area contributed by atoms with Gasteiger partial charge in [-0.1, -0.05) is 23.8 Å². The number of nitrogens with zero attached hydrogens (tertiary/aromatic N) is 2. The predicted molar refractivity (Wildman–Crippen MR) is 118 cm³/mol. The number of hydrogen-bond donors (Lipinski definition) is 2. The molecule has 3 aromatic rings. The van der Waals surface area contributed by atoms with E-state index in [2.05, 4.69) is 15.8 Å². The maximum Gasteiger partial charge on any atom is 0.271 e. The molecule has 3 aromatic carbocycles. The molecule has 156 valence electrons. The van der Waals surface area contributed by atoms with E-state index in [4.69, 9.17) is 0 Å². The molecule has 0 heterocycles. The Morgan fingerprint density at radius 2 is 1.52 bits per heavy atom. The lowest BCUT2D eigenvalue weighted by Crippen LogP contribution is -2.20. The number of nitro groups is 1. The fourth-order valence-electron chi connectivity index (χ4n) is 2.73. The zero-order valence-corrected chi connectivity index (χ0v) is 17.0. The van der Waals surface area contributed by atoms with Crippen molar-refractivity contribution < 1.29 is 14.5 Å². The third kappa shape index (κ3) is 5.60. The second kappa shape index (κ2) is 9.45. The van der Waals surface area contributed by atoms with Crippen molar-refractivity contribution in [3.05, 3.63) is 105 Å². The molecule has 0 aliphatic heterocycles. The summed E-state index contributed by atoms with van der Waals surface area (Å²) < 4.78 is 0. The maximum absolute atomic E-state index is 12.4. The van der Waals surface area contributed by atoms with Crippen LogP contribution in [-0.4, -0.2) is 22.4 Å². The van der Waals surface area contributed by atoms with Crippen LogP contribution in [0.25, 0.3) is 0 Å². The monoisotopic (exact) mass is 416 g/mol. The minimum absolute atomic E-state index is 0.0231. The van der Waals surface area contributed by atoms with E-state index >= 15 is 0 Å². The summed E-state index contributed by atoms with van der Waals surface area (Å²) in [6.07, 6.45) is 0. The number of aryl methyl sites for hydroxylation is 1. The molecule has 3 rings (SSSR count). The van der Waals surface area contributed by atoms with Gasteiger partial charge in [0.05, 0.1) is 10.6 Å². The normalized spacial score (nSPS) is 11.0. The first-order valence-electron chi connectivity index (χ1n) is 9.41. The molecule has 0 saturated heterocycles. The van der Waals surface area contributed by atoms with Gasteiger partial charge in [0.15, 0.2) is 0 Å². The van der Waals surface area contributed by atoms with Crippen LogP contribution >= 0.6 is 0 Å². The first kappa shape index (κ1) is 21.4. The van der Waals surface area contributed by atoms with Gasteiger partial charge in [0.1, 0.15) is 0 Å². The van der Waals surface area contributed by atoms with Crippen molar-refractivity contribution in [1.82, 2.24) is 5.43 Å². The summed E-state index contributed by atoms with van der Waals surface area (Å²) in [6.45, 7) is 3.62. The summed E-state index contributed by atoms with van der Waals surface area (Å²) in [4.78, 5) is 35.1. The van der Waals surface area contributed by atoms with Crippen LogP contribution in [0.1, 0.15) is 38.8 Å². The average molecular weight is 416 g/mol. The molecule has 2 N–H and O–H groups in total. The van der Waals surface area contributed by atoms with E-state index in [0.717, 1.165) is 5.56 Å². The van der Waals surface area contributed by atoms with E-state index in [1.807, 2.05) is 19.1 Å². The molecule has 0 unspecified atom stereocenters. The smallest absolute Gasteiger partial charge is 0.271 e. The first-order valence-corrected chi connectivity index (χ1v) is 9.41. The molecule has 0 saturated carbocycles. The minimum atomic E-state index is -0.484. The molecular weight excluding hydrogens is 396 g/mol. The van der Waals surface area contributed by atoms with Crippen LogP contribution in [0.5, 0.6) is 0 Å². The van der Waals surface area contributed by atoms with Gasteiger partial charge in [-0.2, -0.15) is 5.10 Å². The van der Waals surface area contributed by atoms with Crippen molar-refractivity contribution in [3.8, 4) is 0 Å². The number of nitrogens with one attached hydrogen (secondary N) is 2. The topological polar surface area (TPSA) is 114 Å². The van der Waals surface area contributed by atoms with Gasteiger partial charge in [0, 0.05) is 28.9 Å². The lowest BCUT2D eigenvalue weighted by molar-refractivity contribution is -0.384. The van der Waals surface area contributed by atoms with Crippen LogP contribution in [0.4, 0.5) is 11.4 Å². The third-order valence-corrected chi connectivity index (χ3v) is 4.52. The van der Waals surface area contributed by atoms with E-state index in [-0.39, 0.29) is 11.6 Å². The van der Waals surface area contributed by atoms with Crippen molar-refractivity contribution in [2.75, 3.05) is 5.32 Å². The molecule has 0 bridgehead atoms. The van der Waals surface area contributed by atoms with Crippen LogP contribution < -0.4 is 10.7 Å². The van der Waals surface area contributed by atoms with Gasteiger partial charge < -0.3 is 5.32 Å². The van der Waals surface area contributed by atoms with E-state index in [1.165, 1.54) is 12.1 Å². The Morgan fingerprint density at radius 1 is 0.871 bits per heavy atom. The molecule has 0 spiro atoms. The van der Waals surface area contributed by atoms with Gasteiger partial charge in [-0.3, -0.25) is 19.7 Å². The van der Waals surface area contributed by atoms with E-state index in [0.29, 0.717) is 28.1 Å². The fraction of sp³-hybridized carbons (Fsp3) is 0.0870. The van der Waals surface area contributed by atoms with Crippen LogP contribution in [0, 0.1) is 17.0 Å². The zero-order valence-electron chi connectivity index (χ0n) is 17.0. The largest absolute Gasteiger partial charge is 0.322 e. The number of amides is 2. The lowest BCUT2D eigenvalue weighted by Gasteiger charge is -2.08. The quantitative estimate of drug-likeness (QED) is 0.354. The van der Waals surface area contributed by atoms with Gasteiger partial charge >= 0.3 is 0 Å². The summed E-state index contributed by atoms with van der Waals surface area (Å²) in [5.74, 6) is -0.725. The van der Waals surface area contributed by atoms with Crippen molar-refractivity contribution in [2.45, 2.75) is 13.8 Å². The van der Waals surface area contributed by atoms with E-state index in [9.17, 15) is 19.7 Å². The SMILES string of the molecule is CC(=NNC(=O)c1cccc(NC(=O)c2ccc(C)cc2)c1)c1ccc([N+](=O)[O-])cc1. The molecule has 31 heavy (non-hydrogen) atoms. The summed E-state index contributed by atoms with van der Waals surface area (Å²) in [7, 11) is 0. The van der Waals surface area contributed by atoms with Crippen molar-refractivity contribution >= 4 is 28.9 Å². The Morgan fingerprint density at radius 3 is 2.16 bits per heavy atom. The highest BCUT2D eigenvalue weighted by atomic mass is 16.6. The second-order valence-corrected chi connectivity index (χ2v) is 6.84. The Kier molecular flexibility index (Phi) is 6.51. The van der Waals surface area contributed by atoms with Crippen LogP contribution in [-0.2, 0) is 0 Å². The van der Waals surface area contributed by atoms with Crippen LogP contribution in [0.2, 0.25) is 0 Å². The number of non-ortho nitro benzene ring substituents is 1. The Bertz CT molecular complexity index is 1150. The number of hydrazone groups is 1. The number of anilines is 1. The molecule has 0 fully saturated rings. The van der Waals surface area contributed by atoms with Gasteiger partial charge in [-0.25, -0.2) is 5.43 Å². The lowest BCUT2D eigenvalue weighted by atomic mass is 10.1. The number of carbonyl (C=O) groups is 2. The highest BCUT2D eigenvalue weighted by Crippen LogP contribution is 2.14. The molecule has 0 aromatic heterocycles. The van der Waals surface area contributed by atoms with Crippen molar-refractivity contribution in [1.29, 1.82) is 0 Å². The number of rotatable bonds is 6. The first-order chi connectivity index (χ1) is 14.8. The summed E-state index contributed by atoms with van der Waals surface area (Å²) >= 11 is 0. The molecule has 0 atom stereocenters. The van der Waals surface area contributed by atoms with Crippen LogP contribution in [0.3, 0.4) is 0 Å². The molecule has 2 amide bonds. The van der Waals surface area contributed by atoms with Crippen molar-refractivity contribution in [2.24, 2.45) is 5.10 Å². The predicted octanol–water partition coefficient (Wildman–Crippen LogP) is 4.31. The fourth-order valence-corrected chi connectivity index (χ4v) is 2.73. The number of hydrogen-bond acceptors (Lipinski definition) is 5. The standard InChI is InChI=1S/C23H20N4O4/c1-15-6-8-18(9-7-15)22(28)24-20-5-3-4-19(14-20)23(29)26-25-16(2)17-10-12-21(13-11-17)27(30)31/h3-14H,1-2H3,(H,24,28)(H,26,29). The molecular formula is C23H20N4O4. The Balaban J connectivity index is 1.66. The molecule has 0 aliphatic rings. The van der Waals surface area contributed by atoms with Crippen LogP contribution in [0.15, 0.2) is 77.9 Å². The molecule has 0 aliphatic carbocycles. The highest BCUT2D eigenvalue weighted by molar-refractivity contribution is 6.05.